The summed E-state index contributed by atoms with van der Waals surface area (Å²) in [6.45, 7) is 1.62. The highest BCUT2D eigenvalue weighted by Crippen LogP contribution is 2.17. The molecule has 0 unspecified atom stereocenters. The van der Waals surface area contributed by atoms with E-state index < -0.39 is 0 Å². The highest BCUT2D eigenvalue weighted by molar-refractivity contribution is 6.05. The molecule has 0 radical (unpaired) electrons. The fraction of sp³-hybridized carbons (Fsp3) is 0.125. The normalized spacial score (nSPS) is 10.8. The molecular formula is C24H23N3O4. The monoisotopic (exact) mass is 417 g/mol. The first kappa shape index (κ1) is 21.6. The number of ether oxygens (including phenoxy) is 2. The summed E-state index contributed by atoms with van der Waals surface area (Å²) in [7, 11) is 1.58. The summed E-state index contributed by atoms with van der Waals surface area (Å²) in [6, 6.07) is 23.1. The topological polar surface area (TPSA) is 89.0 Å². The van der Waals surface area contributed by atoms with E-state index in [1.165, 1.54) is 0 Å². The van der Waals surface area contributed by atoms with Crippen LogP contribution in [0.2, 0.25) is 0 Å². The first-order valence-corrected chi connectivity index (χ1v) is 9.62. The van der Waals surface area contributed by atoms with E-state index in [0.717, 1.165) is 5.56 Å². The van der Waals surface area contributed by atoms with Gasteiger partial charge in [0.15, 0.2) is 6.61 Å². The zero-order chi connectivity index (χ0) is 22.1. The van der Waals surface area contributed by atoms with Crippen molar-refractivity contribution in [2.75, 3.05) is 19.0 Å². The second-order valence-corrected chi connectivity index (χ2v) is 6.59. The minimum Gasteiger partial charge on any atom is -0.497 e. The lowest BCUT2D eigenvalue weighted by Crippen LogP contribution is -2.25. The number of hydrogen-bond acceptors (Lipinski definition) is 5. The zero-order valence-corrected chi connectivity index (χ0v) is 17.3. The molecule has 0 aliphatic rings. The van der Waals surface area contributed by atoms with Crippen LogP contribution in [0, 0.1) is 0 Å². The standard InChI is InChI=1S/C24H23N3O4/c1-17(26-27-23(28)16-31-22-14-12-21(30-2)13-15-22)18-8-10-20(11-9-18)25-24(29)19-6-4-3-5-7-19/h3-15H,16H2,1-2H3,(H,25,29)(H,27,28)/b26-17-. The molecule has 31 heavy (non-hydrogen) atoms. The SMILES string of the molecule is COc1ccc(OCC(=O)N/N=C(/C)c2ccc(NC(=O)c3ccccc3)cc2)cc1. The van der Waals surface area contributed by atoms with Gasteiger partial charge in [-0.15, -0.1) is 0 Å². The van der Waals surface area contributed by atoms with E-state index in [1.54, 1.807) is 62.6 Å². The second-order valence-electron chi connectivity index (χ2n) is 6.59. The Bertz CT molecular complexity index is 1050. The van der Waals surface area contributed by atoms with E-state index in [2.05, 4.69) is 15.8 Å². The fourth-order valence-corrected chi connectivity index (χ4v) is 2.65. The van der Waals surface area contributed by atoms with E-state index in [1.807, 2.05) is 30.3 Å². The number of benzene rings is 3. The van der Waals surface area contributed by atoms with Crippen molar-refractivity contribution in [2.45, 2.75) is 6.92 Å². The molecule has 3 rings (SSSR count). The molecule has 0 spiro atoms. The fourth-order valence-electron chi connectivity index (χ4n) is 2.65. The number of rotatable bonds is 8. The molecule has 0 aliphatic carbocycles. The van der Waals surface area contributed by atoms with Crippen molar-refractivity contribution in [1.29, 1.82) is 0 Å². The Morgan fingerprint density at radius 3 is 2.13 bits per heavy atom. The molecule has 158 valence electrons. The van der Waals surface area contributed by atoms with E-state index in [-0.39, 0.29) is 18.4 Å². The van der Waals surface area contributed by atoms with Crippen LogP contribution >= 0.6 is 0 Å². The molecule has 2 amide bonds. The van der Waals surface area contributed by atoms with Gasteiger partial charge in [-0.1, -0.05) is 30.3 Å². The summed E-state index contributed by atoms with van der Waals surface area (Å²) in [6.07, 6.45) is 0. The molecule has 0 aromatic heterocycles. The van der Waals surface area contributed by atoms with Crippen molar-refractivity contribution in [3.05, 3.63) is 90.0 Å². The predicted molar refractivity (Wildman–Crippen MR) is 120 cm³/mol. The van der Waals surface area contributed by atoms with Gasteiger partial charge in [0.1, 0.15) is 11.5 Å². The van der Waals surface area contributed by atoms with Gasteiger partial charge >= 0.3 is 0 Å². The van der Waals surface area contributed by atoms with Crippen LogP contribution < -0.4 is 20.2 Å². The average molecular weight is 417 g/mol. The lowest BCUT2D eigenvalue weighted by Gasteiger charge is -2.08. The van der Waals surface area contributed by atoms with Crippen LogP contribution in [0.15, 0.2) is 84.0 Å². The van der Waals surface area contributed by atoms with Crippen LogP contribution in [0.25, 0.3) is 0 Å². The van der Waals surface area contributed by atoms with E-state index in [0.29, 0.717) is 28.5 Å². The highest BCUT2D eigenvalue weighted by Gasteiger charge is 2.06. The molecule has 3 aromatic rings. The lowest BCUT2D eigenvalue weighted by atomic mass is 10.1. The average Bonchev–Trinajstić information content (AvgIpc) is 2.82. The zero-order valence-electron chi connectivity index (χ0n) is 17.3. The number of hydrogen-bond donors (Lipinski definition) is 2. The molecule has 7 nitrogen and oxygen atoms in total. The number of hydrazone groups is 1. The van der Waals surface area contributed by atoms with Gasteiger partial charge in [-0.3, -0.25) is 9.59 Å². The Labute approximate surface area is 180 Å². The van der Waals surface area contributed by atoms with Crippen LogP contribution in [0.3, 0.4) is 0 Å². The van der Waals surface area contributed by atoms with E-state index >= 15 is 0 Å². The molecule has 0 fully saturated rings. The second kappa shape index (κ2) is 10.6. The molecule has 0 atom stereocenters. The molecule has 0 bridgehead atoms. The molecule has 2 N–H and O–H groups in total. The number of methoxy groups -OCH3 is 1. The smallest absolute Gasteiger partial charge is 0.277 e. The maximum Gasteiger partial charge on any atom is 0.277 e. The molecule has 0 heterocycles. The Hall–Kier alpha value is -4.13. The minimum absolute atomic E-state index is 0.159. The first-order chi connectivity index (χ1) is 15.0. The van der Waals surface area contributed by atoms with Gasteiger partial charge < -0.3 is 14.8 Å². The van der Waals surface area contributed by atoms with E-state index in [9.17, 15) is 9.59 Å². The maximum absolute atomic E-state index is 12.2. The van der Waals surface area contributed by atoms with Gasteiger partial charge in [0.25, 0.3) is 11.8 Å². The van der Waals surface area contributed by atoms with Gasteiger partial charge in [0.05, 0.1) is 12.8 Å². The predicted octanol–water partition coefficient (Wildman–Crippen LogP) is 3.87. The van der Waals surface area contributed by atoms with Crippen molar-refractivity contribution >= 4 is 23.2 Å². The maximum atomic E-state index is 12.2. The number of nitrogens with zero attached hydrogens (tertiary/aromatic N) is 1. The summed E-state index contributed by atoms with van der Waals surface area (Å²) >= 11 is 0. The largest absolute Gasteiger partial charge is 0.497 e. The van der Waals surface area contributed by atoms with Gasteiger partial charge in [-0.05, 0) is 61.0 Å². The van der Waals surface area contributed by atoms with Crippen LogP contribution in [0.4, 0.5) is 5.69 Å². The Morgan fingerprint density at radius 1 is 0.839 bits per heavy atom. The Balaban J connectivity index is 1.50. The third kappa shape index (κ3) is 6.43. The summed E-state index contributed by atoms with van der Waals surface area (Å²) in [5.41, 5.74) is 5.17. The summed E-state index contributed by atoms with van der Waals surface area (Å²) in [4.78, 5) is 24.2. The molecule has 0 saturated heterocycles. The number of amides is 2. The highest BCUT2D eigenvalue weighted by atomic mass is 16.5. The molecule has 3 aromatic carbocycles. The quantitative estimate of drug-likeness (QED) is 0.430. The van der Waals surface area contributed by atoms with Crippen molar-refractivity contribution in [3.8, 4) is 11.5 Å². The van der Waals surface area contributed by atoms with Gasteiger partial charge in [-0.25, -0.2) is 5.43 Å². The Morgan fingerprint density at radius 2 is 1.48 bits per heavy atom. The van der Waals surface area contributed by atoms with Crippen molar-refractivity contribution in [3.63, 3.8) is 0 Å². The molecule has 7 heteroatoms. The lowest BCUT2D eigenvalue weighted by molar-refractivity contribution is -0.123. The van der Waals surface area contributed by atoms with Crippen LogP contribution in [-0.2, 0) is 4.79 Å². The van der Waals surface area contributed by atoms with Crippen molar-refractivity contribution in [1.82, 2.24) is 5.43 Å². The van der Waals surface area contributed by atoms with Crippen LogP contribution in [-0.4, -0.2) is 31.2 Å². The van der Waals surface area contributed by atoms with Crippen LogP contribution in [0.5, 0.6) is 11.5 Å². The summed E-state index contributed by atoms with van der Waals surface area (Å²) < 4.78 is 10.5. The molecule has 0 aliphatic heterocycles. The van der Waals surface area contributed by atoms with Gasteiger partial charge in [0, 0.05) is 11.3 Å². The number of anilines is 1. The van der Waals surface area contributed by atoms with Crippen LogP contribution in [0.1, 0.15) is 22.8 Å². The minimum atomic E-state index is -0.373. The third-order valence-corrected chi connectivity index (χ3v) is 4.37. The van der Waals surface area contributed by atoms with Crippen molar-refractivity contribution in [2.24, 2.45) is 5.10 Å². The number of carbonyl (C=O) groups excluding carboxylic acids is 2. The van der Waals surface area contributed by atoms with Gasteiger partial charge in [0.2, 0.25) is 0 Å². The molecule has 0 saturated carbocycles. The number of carbonyl (C=O) groups is 2. The van der Waals surface area contributed by atoms with Gasteiger partial charge in [-0.2, -0.15) is 5.10 Å². The first-order valence-electron chi connectivity index (χ1n) is 9.62. The molecular weight excluding hydrogens is 394 g/mol. The number of nitrogens with one attached hydrogen (secondary N) is 2. The third-order valence-electron chi connectivity index (χ3n) is 4.37. The summed E-state index contributed by atoms with van der Waals surface area (Å²) in [5.74, 6) is 0.720. The van der Waals surface area contributed by atoms with E-state index in [4.69, 9.17) is 9.47 Å². The van der Waals surface area contributed by atoms with Crippen molar-refractivity contribution < 1.29 is 19.1 Å². The Kier molecular flexibility index (Phi) is 7.37. The summed E-state index contributed by atoms with van der Waals surface area (Å²) in [5, 5.41) is 6.94.